The maximum absolute atomic E-state index is 5.48. The van der Waals surface area contributed by atoms with Crippen LogP contribution in [0, 0.1) is 13.8 Å². The normalized spacial score (nSPS) is 17.6. The summed E-state index contributed by atoms with van der Waals surface area (Å²) in [5, 5.41) is 1.05. The number of hydrogen-bond acceptors (Lipinski definition) is 9. The van der Waals surface area contributed by atoms with Crippen molar-refractivity contribution in [3.05, 3.63) is 36.2 Å². The Kier molecular flexibility index (Phi) is 5.04. The Hall–Kier alpha value is -3.07. The molecule has 2 aliphatic rings. The molecule has 0 spiro atoms. The highest BCUT2D eigenvalue weighted by molar-refractivity contribution is 5.88. The number of nitrogens with zero attached hydrogens (tertiary/aromatic N) is 8. The second-order valence-electron chi connectivity index (χ2n) is 7.69. The van der Waals surface area contributed by atoms with Gasteiger partial charge in [-0.15, -0.1) is 0 Å². The topological polar surface area (TPSA) is 83.4 Å². The summed E-state index contributed by atoms with van der Waals surface area (Å²) in [6.07, 6.45) is 3.61. The van der Waals surface area contributed by atoms with Gasteiger partial charge in [0.1, 0.15) is 29.1 Å². The van der Waals surface area contributed by atoms with Crippen LogP contribution in [0.25, 0.3) is 10.9 Å². The van der Waals surface area contributed by atoms with Gasteiger partial charge < -0.3 is 19.4 Å². The zero-order valence-corrected chi connectivity index (χ0v) is 17.5. The molecule has 0 saturated carbocycles. The van der Waals surface area contributed by atoms with E-state index in [1.54, 1.807) is 12.4 Å². The van der Waals surface area contributed by atoms with Crippen molar-refractivity contribution in [2.45, 2.75) is 13.8 Å². The van der Waals surface area contributed by atoms with Gasteiger partial charge >= 0.3 is 0 Å². The Bertz CT molecular complexity index is 1040. The van der Waals surface area contributed by atoms with Gasteiger partial charge in [-0.25, -0.2) is 19.9 Å². The van der Waals surface area contributed by atoms with Gasteiger partial charge in [-0.3, -0.25) is 4.98 Å². The molecule has 9 nitrogen and oxygen atoms in total. The van der Waals surface area contributed by atoms with Crippen LogP contribution in [0.4, 0.5) is 17.5 Å². The highest BCUT2D eigenvalue weighted by atomic mass is 16.5. The number of fused-ring (bicyclic) bond motifs is 1. The quantitative estimate of drug-likeness (QED) is 0.644. The smallest absolute Gasteiger partial charge is 0.140 e. The molecule has 0 atom stereocenters. The van der Waals surface area contributed by atoms with Gasteiger partial charge in [-0.1, -0.05) is 0 Å². The van der Waals surface area contributed by atoms with E-state index in [9.17, 15) is 0 Å². The summed E-state index contributed by atoms with van der Waals surface area (Å²) in [5.74, 6) is 4.56. The van der Waals surface area contributed by atoms with Crippen molar-refractivity contribution in [2.24, 2.45) is 0 Å². The van der Waals surface area contributed by atoms with E-state index in [1.165, 1.54) is 0 Å². The third-order valence-electron chi connectivity index (χ3n) is 5.64. The fourth-order valence-corrected chi connectivity index (χ4v) is 4.12. The number of piperazine rings is 1. The molecule has 0 radical (unpaired) electrons. The lowest BCUT2D eigenvalue weighted by atomic mass is 10.2. The summed E-state index contributed by atoms with van der Waals surface area (Å²) in [5.41, 5.74) is 0.893. The second-order valence-corrected chi connectivity index (χ2v) is 7.69. The van der Waals surface area contributed by atoms with Gasteiger partial charge in [-0.2, -0.15) is 0 Å². The molecule has 2 saturated heterocycles. The fraction of sp³-hybridized carbons (Fsp3) is 0.476. The summed E-state index contributed by atoms with van der Waals surface area (Å²) in [6, 6.07) is 4.11. The molecule has 0 aliphatic carbocycles. The molecule has 2 fully saturated rings. The van der Waals surface area contributed by atoms with E-state index in [2.05, 4.69) is 35.7 Å². The van der Waals surface area contributed by atoms with Crippen molar-refractivity contribution in [3.8, 4) is 0 Å². The minimum Gasteiger partial charge on any atom is -0.378 e. The first-order valence-electron chi connectivity index (χ1n) is 10.4. The number of anilines is 3. The molecule has 30 heavy (non-hydrogen) atoms. The lowest BCUT2D eigenvalue weighted by Gasteiger charge is -2.37. The van der Waals surface area contributed by atoms with Gasteiger partial charge in [0.05, 0.1) is 24.9 Å². The number of pyridine rings is 1. The van der Waals surface area contributed by atoms with E-state index in [0.717, 1.165) is 92.5 Å². The predicted octanol–water partition coefficient (Wildman–Crippen LogP) is 1.59. The molecular formula is C21H26N8O. The van der Waals surface area contributed by atoms with Gasteiger partial charge in [-0.05, 0) is 19.9 Å². The number of rotatable bonds is 3. The van der Waals surface area contributed by atoms with Crippen molar-refractivity contribution < 1.29 is 4.74 Å². The summed E-state index contributed by atoms with van der Waals surface area (Å²) in [6.45, 7) is 10.7. The van der Waals surface area contributed by atoms with Crippen molar-refractivity contribution in [1.82, 2.24) is 24.9 Å². The van der Waals surface area contributed by atoms with Crippen LogP contribution in [0.15, 0.2) is 24.5 Å². The second kappa shape index (κ2) is 7.98. The van der Waals surface area contributed by atoms with Crippen LogP contribution < -0.4 is 14.7 Å². The number of morpholine rings is 1. The summed E-state index contributed by atoms with van der Waals surface area (Å²) in [7, 11) is 0. The molecule has 3 aromatic heterocycles. The number of ether oxygens (including phenoxy) is 1. The van der Waals surface area contributed by atoms with E-state index < -0.39 is 0 Å². The first-order chi connectivity index (χ1) is 14.7. The maximum atomic E-state index is 5.48. The van der Waals surface area contributed by atoms with Crippen molar-refractivity contribution in [2.75, 3.05) is 67.2 Å². The summed E-state index contributed by atoms with van der Waals surface area (Å²) < 4.78 is 5.48. The van der Waals surface area contributed by atoms with Crippen molar-refractivity contribution in [1.29, 1.82) is 0 Å². The molecule has 0 amide bonds. The Morgan fingerprint density at radius 1 is 0.767 bits per heavy atom. The molecule has 0 bridgehead atoms. The van der Waals surface area contributed by atoms with Gasteiger partial charge in [0.15, 0.2) is 0 Å². The summed E-state index contributed by atoms with van der Waals surface area (Å²) >= 11 is 0. The third kappa shape index (κ3) is 3.72. The number of aryl methyl sites for hydroxylation is 2. The van der Waals surface area contributed by atoms with E-state index >= 15 is 0 Å². The monoisotopic (exact) mass is 406 g/mol. The van der Waals surface area contributed by atoms with E-state index in [1.807, 2.05) is 19.9 Å². The molecule has 0 aromatic carbocycles. The molecule has 9 heteroatoms. The lowest BCUT2D eigenvalue weighted by molar-refractivity contribution is 0.122. The fourth-order valence-electron chi connectivity index (χ4n) is 4.12. The zero-order valence-electron chi connectivity index (χ0n) is 17.5. The minimum atomic E-state index is 0.749. The van der Waals surface area contributed by atoms with E-state index in [4.69, 9.17) is 14.7 Å². The lowest BCUT2D eigenvalue weighted by Crippen LogP contribution is -2.47. The average molecular weight is 406 g/mol. The van der Waals surface area contributed by atoms with Crippen molar-refractivity contribution in [3.63, 3.8) is 0 Å². The van der Waals surface area contributed by atoms with E-state index in [-0.39, 0.29) is 0 Å². The molecule has 3 aromatic rings. The molecule has 2 aliphatic heterocycles. The van der Waals surface area contributed by atoms with Crippen LogP contribution >= 0.6 is 0 Å². The number of aromatic nitrogens is 5. The Morgan fingerprint density at radius 3 is 2.13 bits per heavy atom. The summed E-state index contributed by atoms with van der Waals surface area (Å²) in [4.78, 5) is 29.8. The van der Waals surface area contributed by atoms with Crippen LogP contribution in [0.2, 0.25) is 0 Å². The molecule has 0 N–H and O–H groups in total. The van der Waals surface area contributed by atoms with Crippen molar-refractivity contribution >= 4 is 28.4 Å². The Morgan fingerprint density at radius 2 is 1.40 bits per heavy atom. The standard InChI is InChI=1S/C21H26N8O/c1-15-23-18-14-22-4-3-17(18)21(26-15)29-7-5-27(6-8-29)19-13-20(25-16(2)24-19)28-9-11-30-12-10-28/h3-4,13-14H,5-12H2,1-2H3. The Balaban J connectivity index is 1.35. The van der Waals surface area contributed by atoms with Crippen LogP contribution in [0.5, 0.6) is 0 Å². The SMILES string of the molecule is Cc1nc(N2CCOCC2)cc(N2CCN(c3nc(C)nc4cnccc34)CC2)n1. The molecule has 5 rings (SSSR count). The van der Waals surface area contributed by atoms with Crippen LogP contribution in [-0.4, -0.2) is 77.4 Å². The maximum Gasteiger partial charge on any atom is 0.140 e. The molecule has 5 heterocycles. The number of hydrogen-bond donors (Lipinski definition) is 0. The average Bonchev–Trinajstić information content (AvgIpc) is 2.79. The highest BCUT2D eigenvalue weighted by Crippen LogP contribution is 2.26. The van der Waals surface area contributed by atoms with E-state index in [0.29, 0.717) is 0 Å². The first kappa shape index (κ1) is 18.9. The Labute approximate surface area is 175 Å². The van der Waals surface area contributed by atoms with Gasteiger partial charge in [0.2, 0.25) is 0 Å². The molecule has 156 valence electrons. The van der Waals surface area contributed by atoms with Crippen LogP contribution in [-0.2, 0) is 4.74 Å². The minimum absolute atomic E-state index is 0.749. The zero-order chi connectivity index (χ0) is 20.5. The predicted molar refractivity (Wildman–Crippen MR) is 116 cm³/mol. The third-order valence-corrected chi connectivity index (χ3v) is 5.64. The van der Waals surface area contributed by atoms with Crippen LogP contribution in [0.1, 0.15) is 11.6 Å². The molecule has 0 unspecified atom stereocenters. The first-order valence-corrected chi connectivity index (χ1v) is 10.4. The highest BCUT2D eigenvalue weighted by Gasteiger charge is 2.23. The largest absolute Gasteiger partial charge is 0.378 e. The van der Waals surface area contributed by atoms with Gasteiger partial charge in [0.25, 0.3) is 0 Å². The van der Waals surface area contributed by atoms with Crippen LogP contribution in [0.3, 0.4) is 0 Å². The molecular weight excluding hydrogens is 380 g/mol. The van der Waals surface area contributed by atoms with Gasteiger partial charge in [0, 0.05) is 56.9 Å².